The number of rotatable bonds is 1. The average Bonchev–Trinajstić information content (AvgIpc) is 2.51. The van der Waals surface area contributed by atoms with Crippen LogP contribution in [-0.2, 0) is 11.8 Å². The van der Waals surface area contributed by atoms with Crippen LogP contribution in [0.3, 0.4) is 0 Å². The van der Waals surface area contributed by atoms with Crippen LogP contribution in [0.4, 0.5) is 0 Å². The predicted octanol–water partition coefficient (Wildman–Crippen LogP) is 3.56. The summed E-state index contributed by atoms with van der Waals surface area (Å²) in [6.45, 7) is 6.01. The van der Waals surface area contributed by atoms with Gasteiger partial charge in [-0.25, -0.2) is 0 Å². The van der Waals surface area contributed by atoms with Gasteiger partial charge in [0, 0.05) is 18.4 Å². The van der Waals surface area contributed by atoms with Gasteiger partial charge in [0.05, 0.1) is 0 Å². The van der Waals surface area contributed by atoms with E-state index in [0.29, 0.717) is 17.4 Å². The summed E-state index contributed by atoms with van der Waals surface area (Å²) in [5, 5.41) is 3.70. The monoisotopic (exact) mass is 278 g/mol. The molecule has 1 N–H and O–H groups in total. The summed E-state index contributed by atoms with van der Waals surface area (Å²) in [4.78, 5) is 4.26. The third kappa shape index (κ3) is 1.93. The number of nitrogens with zero attached hydrogens (tertiary/aromatic N) is 1. The second-order valence-corrected chi connectivity index (χ2v) is 6.83. The average molecular weight is 278 g/mol. The molecule has 2 heteroatoms. The Labute approximate surface area is 126 Å². The lowest BCUT2D eigenvalue weighted by molar-refractivity contribution is 0.158. The summed E-state index contributed by atoms with van der Waals surface area (Å²) >= 11 is 0. The van der Waals surface area contributed by atoms with E-state index in [4.69, 9.17) is 0 Å². The van der Waals surface area contributed by atoms with Crippen LogP contribution in [0.1, 0.15) is 31.4 Å². The van der Waals surface area contributed by atoms with Gasteiger partial charge in [-0.05, 0) is 59.0 Å². The van der Waals surface area contributed by atoms with Crippen molar-refractivity contribution < 1.29 is 0 Å². The predicted molar refractivity (Wildman–Crippen MR) is 86.3 cm³/mol. The molecule has 0 amide bonds. The van der Waals surface area contributed by atoms with E-state index in [0.717, 1.165) is 6.54 Å². The van der Waals surface area contributed by atoms with Gasteiger partial charge >= 0.3 is 0 Å². The maximum absolute atomic E-state index is 4.26. The van der Waals surface area contributed by atoms with Crippen molar-refractivity contribution in [2.75, 3.05) is 6.54 Å². The molecule has 108 valence electrons. The SMILES string of the molecule is CC1C2Cc3ccc(-c4cccnc4)cc3[C@]1(C)CCN2. The topological polar surface area (TPSA) is 24.9 Å². The van der Waals surface area contributed by atoms with Crippen LogP contribution in [0.15, 0.2) is 42.7 Å². The fourth-order valence-corrected chi connectivity index (χ4v) is 4.23. The second-order valence-electron chi connectivity index (χ2n) is 6.83. The lowest BCUT2D eigenvalue weighted by Crippen LogP contribution is -2.56. The number of pyridine rings is 1. The van der Waals surface area contributed by atoms with Crippen molar-refractivity contribution in [2.24, 2.45) is 5.92 Å². The number of hydrogen-bond acceptors (Lipinski definition) is 2. The van der Waals surface area contributed by atoms with Gasteiger partial charge in [-0.1, -0.05) is 38.1 Å². The summed E-state index contributed by atoms with van der Waals surface area (Å²) < 4.78 is 0. The summed E-state index contributed by atoms with van der Waals surface area (Å²) in [6.07, 6.45) is 6.19. The number of benzene rings is 1. The lowest BCUT2D eigenvalue weighted by Gasteiger charge is -2.50. The molecule has 2 bridgehead atoms. The first-order valence-corrected chi connectivity index (χ1v) is 7.96. The Balaban J connectivity index is 1.85. The third-order valence-electron chi connectivity index (χ3n) is 5.82. The first kappa shape index (κ1) is 13.0. The molecule has 0 saturated carbocycles. The molecule has 3 atom stereocenters. The molecule has 4 rings (SSSR count). The number of fused-ring (bicyclic) bond motifs is 4. The standard InChI is InChI=1S/C19H22N2/c1-13-18-11-15-6-5-14(16-4-3-8-20-12-16)10-17(15)19(13,2)7-9-21-18/h3-6,8,10,12-13,18,21H,7,9,11H2,1-2H3/t13?,18?,19-/m1/s1. The molecule has 1 aliphatic carbocycles. The zero-order valence-corrected chi connectivity index (χ0v) is 12.8. The van der Waals surface area contributed by atoms with Crippen molar-refractivity contribution >= 4 is 0 Å². The Kier molecular flexibility index (Phi) is 2.90. The minimum Gasteiger partial charge on any atom is -0.313 e. The van der Waals surface area contributed by atoms with Crippen LogP contribution in [0.2, 0.25) is 0 Å². The highest BCUT2D eigenvalue weighted by Gasteiger charge is 2.45. The Morgan fingerprint density at radius 3 is 2.95 bits per heavy atom. The summed E-state index contributed by atoms with van der Waals surface area (Å²) in [6, 6.07) is 11.8. The molecule has 2 nitrogen and oxygen atoms in total. The van der Waals surface area contributed by atoms with Gasteiger partial charge in [0.25, 0.3) is 0 Å². The normalized spacial score (nSPS) is 30.8. The van der Waals surface area contributed by atoms with Crippen LogP contribution in [0, 0.1) is 5.92 Å². The van der Waals surface area contributed by atoms with E-state index in [1.807, 2.05) is 18.5 Å². The molecule has 2 aliphatic rings. The molecule has 0 spiro atoms. The highest BCUT2D eigenvalue weighted by molar-refractivity contribution is 5.65. The summed E-state index contributed by atoms with van der Waals surface area (Å²) in [5.74, 6) is 0.697. The highest BCUT2D eigenvalue weighted by atomic mass is 14.9. The van der Waals surface area contributed by atoms with Gasteiger partial charge < -0.3 is 5.32 Å². The van der Waals surface area contributed by atoms with Crippen molar-refractivity contribution in [3.05, 3.63) is 53.9 Å². The van der Waals surface area contributed by atoms with Gasteiger partial charge in [0.15, 0.2) is 0 Å². The first-order chi connectivity index (χ1) is 10.2. The van der Waals surface area contributed by atoms with Gasteiger partial charge in [0.2, 0.25) is 0 Å². The lowest BCUT2D eigenvalue weighted by atomic mass is 9.59. The van der Waals surface area contributed by atoms with E-state index in [2.05, 4.69) is 48.4 Å². The van der Waals surface area contributed by atoms with Crippen LogP contribution < -0.4 is 5.32 Å². The molecule has 0 radical (unpaired) electrons. The summed E-state index contributed by atoms with van der Waals surface area (Å²) in [7, 11) is 0. The fourth-order valence-electron chi connectivity index (χ4n) is 4.23. The Bertz CT molecular complexity index is 665. The van der Waals surface area contributed by atoms with Gasteiger partial charge in [-0.3, -0.25) is 4.98 Å². The maximum Gasteiger partial charge on any atom is 0.0346 e. The zero-order chi connectivity index (χ0) is 14.4. The van der Waals surface area contributed by atoms with Gasteiger partial charge in [0.1, 0.15) is 0 Å². The number of aromatic nitrogens is 1. The molecular formula is C19H22N2. The molecule has 21 heavy (non-hydrogen) atoms. The smallest absolute Gasteiger partial charge is 0.0346 e. The molecule has 1 saturated heterocycles. The minimum absolute atomic E-state index is 0.307. The molecule has 1 aromatic heterocycles. The van der Waals surface area contributed by atoms with Crippen molar-refractivity contribution in [1.82, 2.24) is 10.3 Å². The molecule has 1 fully saturated rings. The summed E-state index contributed by atoms with van der Waals surface area (Å²) in [5.41, 5.74) is 5.91. The van der Waals surface area contributed by atoms with Crippen LogP contribution in [-0.4, -0.2) is 17.6 Å². The third-order valence-corrected chi connectivity index (χ3v) is 5.82. The quantitative estimate of drug-likeness (QED) is 0.862. The van der Waals surface area contributed by atoms with E-state index in [1.165, 1.54) is 29.5 Å². The zero-order valence-electron chi connectivity index (χ0n) is 12.8. The van der Waals surface area contributed by atoms with Crippen molar-refractivity contribution in [1.29, 1.82) is 0 Å². The molecule has 1 aliphatic heterocycles. The highest BCUT2D eigenvalue weighted by Crippen LogP contribution is 2.46. The maximum atomic E-state index is 4.26. The van der Waals surface area contributed by atoms with Crippen LogP contribution in [0.25, 0.3) is 11.1 Å². The molecule has 2 unspecified atom stereocenters. The van der Waals surface area contributed by atoms with Crippen molar-refractivity contribution in [3.63, 3.8) is 0 Å². The first-order valence-electron chi connectivity index (χ1n) is 7.96. The van der Waals surface area contributed by atoms with Gasteiger partial charge in [-0.15, -0.1) is 0 Å². The van der Waals surface area contributed by atoms with Crippen LogP contribution in [0.5, 0.6) is 0 Å². The van der Waals surface area contributed by atoms with E-state index in [-0.39, 0.29) is 0 Å². The Morgan fingerprint density at radius 1 is 1.24 bits per heavy atom. The van der Waals surface area contributed by atoms with Crippen molar-refractivity contribution in [3.8, 4) is 11.1 Å². The molecule has 1 aromatic carbocycles. The number of piperidine rings is 1. The Morgan fingerprint density at radius 2 is 2.14 bits per heavy atom. The van der Waals surface area contributed by atoms with E-state index < -0.39 is 0 Å². The van der Waals surface area contributed by atoms with Crippen molar-refractivity contribution in [2.45, 2.75) is 38.1 Å². The number of nitrogens with one attached hydrogen (secondary N) is 1. The fraction of sp³-hybridized carbons (Fsp3) is 0.421. The molecule has 2 aromatic rings. The van der Waals surface area contributed by atoms with E-state index in [1.54, 1.807) is 5.56 Å². The van der Waals surface area contributed by atoms with Gasteiger partial charge in [-0.2, -0.15) is 0 Å². The Hall–Kier alpha value is -1.67. The van der Waals surface area contributed by atoms with E-state index >= 15 is 0 Å². The van der Waals surface area contributed by atoms with E-state index in [9.17, 15) is 0 Å². The number of hydrogen-bond donors (Lipinski definition) is 1. The molecular weight excluding hydrogens is 256 g/mol. The largest absolute Gasteiger partial charge is 0.313 e. The van der Waals surface area contributed by atoms with Crippen LogP contribution >= 0.6 is 0 Å². The minimum atomic E-state index is 0.307. The molecule has 2 heterocycles. The second kappa shape index (κ2) is 4.67.